The van der Waals surface area contributed by atoms with Crippen LogP contribution in [0.15, 0.2) is 24.3 Å². The van der Waals surface area contributed by atoms with E-state index in [1.807, 2.05) is 12.1 Å². The first-order valence-corrected chi connectivity index (χ1v) is 7.85. The van der Waals surface area contributed by atoms with E-state index in [9.17, 15) is 0 Å². The summed E-state index contributed by atoms with van der Waals surface area (Å²) < 4.78 is 5.51. The Hall–Kier alpha value is -1.06. The first-order valence-electron chi connectivity index (χ1n) is 7.85. The van der Waals surface area contributed by atoms with Crippen LogP contribution >= 0.6 is 0 Å². The lowest BCUT2D eigenvalue weighted by Gasteiger charge is -2.32. The van der Waals surface area contributed by atoms with Gasteiger partial charge in [-0.3, -0.25) is 4.90 Å². The van der Waals surface area contributed by atoms with E-state index in [1.54, 1.807) is 7.11 Å². The second kappa shape index (κ2) is 9.78. The van der Waals surface area contributed by atoms with Crippen molar-refractivity contribution in [3.63, 3.8) is 0 Å². The fourth-order valence-electron chi connectivity index (χ4n) is 2.56. The number of hydrogen-bond acceptors (Lipinski definition) is 3. The van der Waals surface area contributed by atoms with Gasteiger partial charge in [0.25, 0.3) is 0 Å². The van der Waals surface area contributed by atoms with Gasteiger partial charge in [-0.2, -0.15) is 0 Å². The molecule has 0 radical (unpaired) electrons. The van der Waals surface area contributed by atoms with Crippen molar-refractivity contribution in [1.29, 1.82) is 0 Å². The zero-order valence-corrected chi connectivity index (χ0v) is 13.3. The summed E-state index contributed by atoms with van der Waals surface area (Å²) in [7, 11) is 1.73. The average Bonchev–Trinajstić information content (AvgIpc) is 2.50. The van der Waals surface area contributed by atoms with Crippen LogP contribution in [0.4, 0.5) is 0 Å². The molecule has 0 spiro atoms. The third-order valence-corrected chi connectivity index (χ3v) is 3.76. The molecule has 2 N–H and O–H groups in total. The van der Waals surface area contributed by atoms with Crippen molar-refractivity contribution in [2.45, 2.75) is 45.6 Å². The van der Waals surface area contributed by atoms with E-state index in [1.165, 1.54) is 31.2 Å². The zero-order valence-electron chi connectivity index (χ0n) is 13.3. The highest BCUT2D eigenvalue weighted by atomic mass is 16.5. The first-order chi connectivity index (χ1) is 9.78. The van der Waals surface area contributed by atoms with E-state index in [2.05, 4.69) is 30.9 Å². The zero-order chi connectivity index (χ0) is 14.8. The molecule has 0 saturated carbocycles. The van der Waals surface area contributed by atoms with Crippen molar-refractivity contribution >= 4 is 0 Å². The van der Waals surface area contributed by atoms with Gasteiger partial charge in [0.1, 0.15) is 5.75 Å². The monoisotopic (exact) mass is 278 g/mol. The van der Waals surface area contributed by atoms with Crippen LogP contribution in [-0.2, 0) is 0 Å². The molecule has 0 aliphatic heterocycles. The molecular weight excluding hydrogens is 248 g/mol. The highest BCUT2D eigenvalue weighted by Crippen LogP contribution is 2.29. The van der Waals surface area contributed by atoms with Crippen LogP contribution in [0.5, 0.6) is 5.75 Å². The van der Waals surface area contributed by atoms with Crippen LogP contribution in [0.25, 0.3) is 0 Å². The number of unbranched alkanes of at least 4 members (excludes halogenated alkanes) is 2. The van der Waals surface area contributed by atoms with Crippen molar-refractivity contribution in [1.82, 2.24) is 4.90 Å². The molecule has 0 saturated heterocycles. The predicted molar refractivity (Wildman–Crippen MR) is 86.2 cm³/mol. The second-order valence-electron chi connectivity index (χ2n) is 5.24. The molecule has 1 rings (SSSR count). The van der Waals surface area contributed by atoms with Gasteiger partial charge in [0.05, 0.1) is 13.2 Å². The molecule has 0 aliphatic rings. The summed E-state index contributed by atoms with van der Waals surface area (Å²) in [4.78, 5) is 2.52. The van der Waals surface area contributed by atoms with Gasteiger partial charge in [-0.25, -0.2) is 0 Å². The lowest BCUT2D eigenvalue weighted by molar-refractivity contribution is 0.192. The van der Waals surface area contributed by atoms with Gasteiger partial charge in [0.2, 0.25) is 0 Å². The Labute approximate surface area is 124 Å². The minimum absolute atomic E-state index is 0.254. The number of nitrogens with two attached hydrogens (primary N) is 1. The molecule has 3 nitrogen and oxygen atoms in total. The van der Waals surface area contributed by atoms with E-state index in [0.717, 1.165) is 18.8 Å². The third kappa shape index (κ3) is 4.80. The Balaban J connectivity index is 2.92. The van der Waals surface area contributed by atoms with Gasteiger partial charge < -0.3 is 10.5 Å². The summed E-state index contributed by atoms with van der Waals surface area (Å²) in [6.45, 7) is 7.32. The number of nitrogens with zero attached hydrogens (tertiary/aromatic N) is 1. The van der Waals surface area contributed by atoms with Crippen molar-refractivity contribution in [3.8, 4) is 5.75 Å². The van der Waals surface area contributed by atoms with Crippen molar-refractivity contribution in [2.24, 2.45) is 5.73 Å². The SMILES string of the molecule is CCCCN(CCCC)C(CN)c1ccccc1OC. The smallest absolute Gasteiger partial charge is 0.123 e. The number of para-hydroxylation sites is 1. The summed E-state index contributed by atoms with van der Waals surface area (Å²) in [5.74, 6) is 0.945. The Bertz CT molecular complexity index is 360. The molecule has 0 aromatic heterocycles. The summed E-state index contributed by atoms with van der Waals surface area (Å²) in [6.07, 6.45) is 4.86. The number of rotatable bonds is 10. The number of methoxy groups -OCH3 is 1. The van der Waals surface area contributed by atoms with Crippen LogP contribution < -0.4 is 10.5 Å². The van der Waals surface area contributed by atoms with Crippen molar-refractivity contribution in [2.75, 3.05) is 26.7 Å². The topological polar surface area (TPSA) is 38.5 Å². The van der Waals surface area contributed by atoms with Crippen molar-refractivity contribution < 1.29 is 4.74 Å². The molecule has 3 heteroatoms. The molecule has 0 amide bonds. The standard InChI is InChI=1S/C17H30N2O/c1-4-6-12-19(13-7-5-2)16(14-18)15-10-8-9-11-17(15)20-3/h8-11,16H,4-7,12-14,18H2,1-3H3. The minimum Gasteiger partial charge on any atom is -0.496 e. The average molecular weight is 278 g/mol. The Kier molecular flexibility index (Phi) is 8.31. The Morgan fingerprint density at radius 2 is 1.70 bits per heavy atom. The summed E-state index contributed by atoms with van der Waals surface area (Å²) in [5.41, 5.74) is 7.29. The van der Waals surface area contributed by atoms with Gasteiger partial charge in [0.15, 0.2) is 0 Å². The molecule has 1 unspecified atom stereocenters. The minimum atomic E-state index is 0.254. The van der Waals surface area contributed by atoms with Gasteiger partial charge in [-0.1, -0.05) is 44.9 Å². The van der Waals surface area contributed by atoms with E-state index in [-0.39, 0.29) is 6.04 Å². The predicted octanol–water partition coefficient (Wildman–Crippen LogP) is 3.60. The fraction of sp³-hybridized carbons (Fsp3) is 0.647. The molecule has 1 aromatic rings. The molecule has 1 aromatic carbocycles. The molecule has 0 fully saturated rings. The molecule has 1 atom stereocenters. The molecule has 114 valence electrons. The van der Waals surface area contributed by atoms with Gasteiger partial charge in [-0.15, -0.1) is 0 Å². The lowest BCUT2D eigenvalue weighted by Crippen LogP contribution is -2.35. The number of benzene rings is 1. The van der Waals surface area contributed by atoms with Crippen LogP contribution in [0.3, 0.4) is 0 Å². The highest BCUT2D eigenvalue weighted by Gasteiger charge is 2.21. The van der Waals surface area contributed by atoms with Crippen LogP contribution in [-0.4, -0.2) is 31.6 Å². The normalized spacial score (nSPS) is 12.7. The molecule has 0 heterocycles. The molecule has 0 aliphatic carbocycles. The first kappa shape index (κ1) is 17.0. The van der Waals surface area contributed by atoms with Crippen molar-refractivity contribution in [3.05, 3.63) is 29.8 Å². The summed E-state index contributed by atoms with van der Waals surface area (Å²) in [5, 5.41) is 0. The number of ether oxygens (including phenoxy) is 1. The van der Waals surface area contributed by atoms with Crippen LogP contribution in [0, 0.1) is 0 Å². The molecular formula is C17H30N2O. The maximum Gasteiger partial charge on any atom is 0.123 e. The molecule has 0 bridgehead atoms. The van der Waals surface area contributed by atoms with E-state index < -0.39 is 0 Å². The van der Waals surface area contributed by atoms with Gasteiger partial charge >= 0.3 is 0 Å². The van der Waals surface area contributed by atoms with Gasteiger partial charge in [-0.05, 0) is 32.0 Å². The second-order valence-corrected chi connectivity index (χ2v) is 5.24. The Morgan fingerprint density at radius 3 is 2.20 bits per heavy atom. The van der Waals surface area contributed by atoms with E-state index in [4.69, 9.17) is 10.5 Å². The van der Waals surface area contributed by atoms with Crippen LogP contribution in [0.2, 0.25) is 0 Å². The number of hydrogen-bond donors (Lipinski definition) is 1. The van der Waals surface area contributed by atoms with E-state index >= 15 is 0 Å². The quantitative estimate of drug-likeness (QED) is 0.710. The maximum absolute atomic E-state index is 6.08. The third-order valence-electron chi connectivity index (χ3n) is 3.76. The summed E-state index contributed by atoms with van der Waals surface area (Å²) >= 11 is 0. The van der Waals surface area contributed by atoms with E-state index in [0.29, 0.717) is 6.54 Å². The Morgan fingerprint density at radius 1 is 1.10 bits per heavy atom. The molecule has 20 heavy (non-hydrogen) atoms. The maximum atomic E-state index is 6.08. The highest BCUT2D eigenvalue weighted by molar-refractivity contribution is 5.36. The fourth-order valence-corrected chi connectivity index (χ4v) is 2.56. The van der Waals surface area contributed by atoms with Crippen LogP contribution in [0.1, 0.15) is 51.1 Å². The van der Waals surface area contributed by atoms with Gasteiger partial charge in [0, 0.05) is 12.1 Å². The largest absolute Gasteiger partial charge is 0.496 e. The summed E-state index contributed by atoms with van der Waals surface area (Å²) in [6, 6.07) is 8.50. The lowest BCUT2D eigenvalue weighted by atomic mass is 10.0.